The van der Waals surface area contributed by atoms with Gasteiger partial charge < -0.3 is 33.0 Å². The number of rotatable bonds is 38. The molecule has 0 spiro atoms. The van der Waals surface area contributed by atoms with Gasteiger partial charge in [0.15, 0.2) is 6.10 Å². The maximum atomic E-state index is 12.4. The molecule has 9 nitrogen and oxygen atoms in total. The van der Waals surface area contributed by atoms with Gasteiger partial charge >= 0.3 is 5.97 Å². The Bertz CT molecular complexity index is 1180. The minimum atomic E-state index is -4.54. The predicted octanol–water partition coefficient (Wildman–Crippen LogP) is 11.2. The number of carbonyl (C=O) groups excluding carboxylic acids is 1. The molecule has 0 aliphatic carbocycles. The monoisotopic (exact) mass is 806 g/mol. The van der Waals surface area contributed by atoms with E-state index in [1.54, 1.807) is 6.26 Å². The second-order valence-electron chi connectivity index (χ2n) is 15.2. The Kier molecular flexibility index (Phi) is 36.3. The normalized spacial score (nSPS) is 15.1. The van der Waals surface area contributed by atoms with Crippen LogP contribution in [0.25, 0.3) is 0 Å². The molecule has 1 N–H and O–H groups in total. The standard InChI is InChI=1S/C46H80NO8P/c1-6-8-10-11-12-13-14-15-16-17-20-23-26-29-32-35-40-52-45(43-55-56(50,51)54-41-39-47(3,4)5)42-53-46(49)38-34-31-28-25-22-19-18-21-24-27-30-33-37-44(48)36-9-7-2/h9,13-14,18-19,24-25,27-28,30,33,35-36,40,44-45,48H,6-8,10-12,15-17,20-23,26,29,31-32,34,37-39,41-43H2,1-5H3/b14-13-,19-18-,27-24-,28-25-,33-30+,36-9-,40-35+/t44?,45-/m1/s1. The smallest absolute Gasteiger partial charge is 0.305 e. The lowest BCUT2D eigenvalue weighted by atomic mass is 10.1. The van der Waals surface area contributed by atoms with E-state index in [0.29, 0.717) is 23.9 Å². The van der Waals surface area contributed by atoms with Crippen LogP contribution in [0.2, 0.25) is 0 Å². The van der Waals surface area contributed by atoms with Gasteiger partial charge in [0.25, 0.3) is 7.82 Å². The number of allylic oxidation sites excluding steroid dienone is 11. The number of carbonyl (C=O) groups is 1. The van der Waals surface area contributed by atoms with Crippen molar-refractivity contribution in [3.8, 4) is 0 Å². The number of nitrogens with zero attached hydrogens (tertiary/aromatic N) is 1. The number of likely N-dealkylation sites (N-methyl/N-ethyl adjacent to an activating group) is 1. The Balaban J connectivity index is 4.46. The molecule has 56 heavy (non-hydrogen) atoms. The van der Waals surface area contributed by atoms with Gasteiger partial charge in [-0.3, -0.25) is 9.36 Å². The summed E-state index contributed by atoms with van der Waals surface area (Å²) in [6.45, 7) is 4.35. The van der Waals surface area contributed by atoms with Gasteiger partial charge in [-0.25, -0.2) is 0 Å². The van der Waals surface area contributed by atoms with E-state index in [-0.39, 0.29) is 32.2 Å². The van der Waals surface area contributed by atoms with Crippen LogP contribution in [0.15, 0.2) is 85.3 Å². The number of aliphatic hydroxyl groups excluding tert-OH is 1. The van der Waals surface area contributed by atoms with Crippen LogP contribution in [-0.4, -0.2) is 75.3 Å². The van der Waals surface area contributed by atoms with Crippen molar-refractivity contribution in [3.63, 3.8) is 0 Å². The molecular weight excluding hydrogens is 725 g/mol. The molecule has 0 heterocycles. The molecule has 0 rings (SSSR count). The lowest BCUT2D eigenvalue weighted by molar-refractivity contribution is -0.870. The number of phosphoric ester groups is 1. The quantitative estimate of drug-likeness (QED) is 0.0125. The molecule has 0 aromatic heterocycles. The van der Waals surface area contributed by atoms with Crippen molar-refractivity contribution in [2.75, 3.05) is 47.5 Å². The average molecular weight is 806 g/mol. The number of ether oxygens (including phenoxy) is 2. The highest BCUT2D eigenvalue weighted by molar-refractivity contribution is 7.45. The summed E-state index contributed by atoms with van der Waals surface area (Å²) in [6.07, 6.45) is 47.6. The second kappa shape index (κ2) is 38.0. The molecule has 0 aliphatic heterocycles. The van der Waals surface area contributed by atoms with E-state index in [0.717, 1.165) is 44.9 Å². The fourth-order valence-electron chi connectivity index (χ4n) is 5.17. The van der Waals surface area contributed by atoms with Crippen LogP contribution < -0.4 is 4.89 Å². The molecule has 0 radical (unpaired) electrons. The Morgan fingerprint density at radius 2 is 1.27 bits per heavy atom. The topological polar surface area (TPSA) is 114 Å². The molecule has 0 fully saturated rings. The predicted molar refractivity (Wildman–Crippen MR) is 232 cm³/mol. The van der Waals surface area contributed by atoms with Crippen LogP contribution in [-0.2, 0) is 27.9 Å². The van der Waals surface area contributed by atoms with Crippen molar-refractivity contribution >= 4 is 13.8 Å². The first-order valence-electron chi connectivity index (χ1n) is 21.5. The minimum Gasteiger partial charge on any atom is -0.756 e. The van der Waals surface area contributed by atoms with Crippen molar-refractivity contribution < 1.29 is 42.4 Å². The number of unbranched alkanes of at least 4 members (excludes halogenated alkanes) is 12. The van der Waals surface area contributed by atoms with Crippen LogP contribution in [0.1, 0.15) is 142 Å². The third kappa shape index (κ3) is 41.1. The molecular formula is C46H80NO8P. The van der Waals surface area contributed by atoms with E-state index < -0.39 is 20.0 Å². The van der Waals surface area contributed by atoms with Crippen LogP contribution in [0.4, 0.5) is 0 Å². The summed E-state index contributed by atoms with van der Waals surface area (Å²) >= 11 is 0. The summed E-state index contributed by atoms with van der Waals surface area (Å²) in [7, 11) is 1.29. The van der Waals surface area contributed by atoms with Gasteiger partial charge in [0, 0.05) is 6.42 Å². The summed E-state index contributed by atoms with van der Waals surface area (Å²) in [6, 6.07) is 0. The van der Waals surface area contributed by atoms with E-state index in [2.05, 4.69) is 49.5 Å². The largest absolute Gasteiger partial charge is 0.756 e. The van der Waals surface area contributed by atoms with Crippen LogP contribution >= 0.6 is 7.82 Å². The van der Waals surface area contributed by atoms with E-state index in [4.69, 9.17) is 18.5 Å². The van der Waals surface area contributed by atoms with Crippen LogP contribution in [0.3, 0.4) is 0 Å². The number of aliphatic hydroxyl groups is 1. The summed E-state index contributed by atoms with van der Waals surface area (Å²) in [5.74, 6) is -0.369. The van der Waals surface area contributed by atoms with Gasteiger partial charge in [0.2, 0.25) is 0 Å². The van der Waals surface area contributed by atoms with Crippen molar-refractivity contribution in [2.24, 2.45) is 0 Å². The van der Waals surface area contributed by atoms with Crippen LogP contribution in [0, 0.1) is 0 Å². The SMILES string of the molecule is CC/C=C\C(O)C/C=C/C=C\C/C=C\C/C=C\CCCC(=O)OC[C@H](COP(=O)([O-])OCC[N+](C)(C)C)O/C=C/CCCCCCCC/C=C\CCCCCC. The molecule has 2 unspecified atom stereocenters. The van der Waals surface area contributed by atoms with E-state index in [1.165, 1.54) is 64.2 Å². The first kappa shape index (κ1) is 53.5. The number of esters is 1. The third-order valence-corrected chi connectivity index (χ3v) is 9.56. The lowest BCUT2D eigenvalue weighted by Gasteiger charge is -2.28. The van der Waals surface area contributed by atoms with Gasteiger partial charge in [-0.15, -0.1) is 0 Å². The fraction of sp³-hybridized carbons (Fsp3) is 0.674. The second-order valence-corrected chi connectivity index (χ2v) is 16.6. The molecule has 0 aliphatic rings. The molecule has 0 bridgehead atoms. The summed E-state index contributed by atoms with van der Waals surface area (Å²) < 4.78 is 34.2. The fourth-order valence-corrected chi connectivity index (χ4v) is 5.90. The zero-order valence-electron chi connectivity index (χ0n) is 35.9. The molecule has 0 aromatic rings. The first-order valence-corrected chi connectivity index (χ1v) is 22.9. The highest BCUT2D eigenvalue weighted by Gasteiger charge is 2.19. The van der Waals surface area contributed by atoms with Gasteiger partial charge in [-0.1, -0.05) is 132 Å². The summed E-state index contributed by atoms with van der Waals surface area (Å²) in [5.41, 5.74) is 0. The van der Waals surface area contributed by atoms with E-state index >= 15 is 0 Å². The van der Waals surface area contributed by atoms with E-state index in [1.807, 2.05) is 64.5 Å². The number of hydrogen-bond donors (Lipinski definition) is 1. The van der Waals surface area contributed by atoms with Gasteiger partial charge in [0.1, 0.15) is 19.8 Å². The van der Waals surface area contributed by atoms with Gasteiger partial charge in [-0.2, -0.15) is 0 Å². The van der Waals surface area contributed by atoms with Crippen molar-refractivity contribution in [2.45, 2.75) is 154 Å². The number of phosphoric acid groups is 1. The average Bonchev–Trinajstić information content (AvgIpc) is 3.15. The highest BCUT2D eigenvalue weighted by Crippen LogP contribution is 2.38. The summed E-state index contributed by atoms with van der Waals surface area (Å²) in [4.78, 5) is 24.8. The van der Waals surface area contributed by atoms with Gasteiger partial charge in [-0.05, 0) is 83.1 Å². The maximum Gasteiger partial charge on any atom is 0.305 e. The molecule has 3 atom stereocenters. The number of quaternary nitrogens is 1. The molecule has 0 saturated carbocycles. The summed E-state index contributed by atoms with van der Waals surface area (Å²) in [5, 5.41) is 9.77. The Labute approximate surface area is 342 Å². The third-order valence-electron chi connectivity index (χ3n) is 8.59. The van der Waals surface area contributed by atoms with Crippen LogP contribution in [0.5, 0.6) is 0 Å². The molecule has 322 valence electrons. The lowest BCUT2D eigenvalue weighted by Crippen LogP contribution is -2.37. The Hall–Kier alpha value is -2.52. The zero-order valence-corrected chi connectivity index (χ0v) is 36.8. The van der Waals surface area contributed by atoms with Crippen molar-refractivity contribution in [3.05, 3.63) is 85.3 Å². The van der Waals surface area contributed by atoms with Crippen molar-refractivity contribution in [1.29, 1.82) is 0 Å². The number of hydrogen-bond acceptors (Lipinski definition) is 8. The highest BCUT2D eigenvalue weighted by atomic mass is 31.2. The minimum absolute atomic E-state index is 0.00562. The van der Waals surface area contributed by atoms with Crippen molar-refractivity contribution in [1.82, 2.24) is 0 Å². The maximum absolute atomic E-state index is 12.4. The molecule has 0 aromatic carbocycles. The van der Waals surface area contributed by atoms with E-state index in [9.17, 15) is 19.4 Å². The molecule has 0 amide bonds. The molecule has 10 heteroatoms. The first-order chi connectivity index (χ1) is 27.0. The zero-order chi connectivity index (χ0) is 41.4. The Morgan fingerprint density at radius 3 is 1.93 bits per heavy atom. The Morgan fingerprint density at radius 1 is 0.696 bits per heavy atom. The molecule has 0 saturated heterocycles. The van der Waals surface area contributed by atoms with Gasteiger partial charge in [0.05, 0.1) is 40.1 Å².